The van der Waals surface area contributed by atoms with E-state index < -0.39 is 11.2 Å². The van der Waals surface area contributed by atoms with Crippen molar-refractivity contribution in [3.05, 3.63) is 32.8 Å². The molecule has 1 nitrogen and oxygen atoms in total. The first-order chi connectivity index (χ1) is 7.23. The fourth-order valence-corrected chi connectivity index (χ4v) is 1.43. The minimum atomic E-state index is -4.61. The second-order valence-electron chi connectivity index (χ2n) is 2.86. The highest BCUT2D eigenvalue weighted by Gasteiger charge is 2.32. The summed E-state index contributed by atoms with van der Waals surface area (Å²) in [5.41, 5.74) is 5.66. The molecular formula is C9H5Cl3F3N. The predicted molar refractivity (Wildman–Crippen MR) is 60.8 cm³/mol. The average Bonchev–Trinajstić information content (AvgIpc) is 2.17. The summed E-state index contributed by atoms with van der Waals surface area (Å²) in [4.78, 5) is 0. The van der Waals surface area contributed by atoms with Crippen LogP contribution in [-0.2, 0) is 0 Å². The van der Waals surface area contributed by atoms with Crippen LogP contribution in [0, 0.1) is 0 Å². The van der Waals surface area contributed by atoms with Crippen LogP contribution < -0.4 is 5.73 Å². The fourth-order valence-electron chi connectivity index (χ4n) is 0.909. The molecule has 0 bridgehead atoms. The molecule has 0 aliphatic heterocycles. The van der Waals surface area contributed by atoms with Gasteiger partial charge in [0.05, 0.1) is 15.7 Å². The minimum absolute atomic E-state index is 0.00191. The van der Waals surface area contributed by atoms with Gasteiger partial charge in [0, 0.05) is 0 Å². The Balaban J connectivity index is 3.22. The summed E-state index contributed by atoms with van der Waals surface area (Å²) in [5.74, 6) is 0. The quantitative estimate of drug-likeness (QED) is 0.744. The third-order valence-electron chi connectivity index (χ3n) is 1.70. The molecule has 0 amide bonds. The molecule has 0 aromatic heterocycles. The van der Waals surface area contributed by atoms with Gasteiger partial charge in [-0.2, -0.15) is 13.2 Å². The molecule has 0 spiro atoms. The fraction of sp³-hybridized carbons (Fsp3) is 0.111. The van der Waals surface area contributed by atoms with Gasteiger partial charge in [-0.05, 0) is 17.7 Å². The number of benzene rings is 1. The van der Waals surface area contributed by atoms with E-state index in [9.17, 15) is 13.2 Å². The molecule has 0 heterocycles. The lowest BCUT2D eigenvalue weighted by molar-refractivity contribution is -0.0836. The standard InChI is InChI=1S/C9H5Cl3F3N/c10-6(9(13,14)15)3-4-1-2-5(16)8(12)7(4)11/h1-3H,16H2/b6-3+. The zero-order chi connectivity index (χ0) is 12.5. The molecule has 0 aliphatic carbocycles. The van der Waals surface area contributed by atoms with Gasteiger partial charge >= 0.3 is 6.18 Å². The van der Waals surface area contributed by atoms with E-state index in [1.807, 2.05) is 0 Å². The van der Waals surface area contributed by atoms with Crippen molar-refractivity contribution in [2.75, 3.05) is 5.73 Å². The Hall–Kier alpha value is -0.580. The van der Waals surface area contributed by atoms with Gasteiger partial charge in [0.15, 0.2) is 0 Å². The number of rotatable bonds is 1. The van der Waals surface area contributed by atoms with Crippen LogP contribution in [0.2, 0.25) is 10.0 Å². The van der Waals surface area contributed by atoms with Crippen LogP contribution in [0.4, 0.5) is 18.9 Å². The number of halogens is 6. The van der Waals surface area contributed by atoms with Crippen LogP contribution in [0.5, 0.6) is 0 Å². The Morgan fingerprint density at radius 3 is 2.25 bits per heavy atom. The molecule has 7 heteroatoms. The van der Waals surface area contributed by atoms with E-state index in [0.717, 1.165) is 0 Å². The highest BCUT2D eigenvalue weighted by atomic mass is 35.5. The molecule has 0 aliphatic rings. The molecule has 16 heavy (non-hydrogen) atoms. The van der Waals surface area contributed by atoms with Crippen LogP contribution >= 0.6 is 34.8 Å². The molecule has 1 aromatic rings. The first-order valence-corrected chi connectivity index (χ1v) is 5.04. The van der Waals surface area contributed by atoms with E-state index >= 15 is 0 Å². The Morgan fingerprint density at radius 1 is 1.19 bits per heavy atom. The first kappa shape index (κ1) is 13.5. The van der Waals surface area contributed by atoms with Gasteiger partial charge in [-0.25, -0.2) is 0 Å². The van der Waals surface area contributed by atoms with Crippen molar-refractivity contribution in [2.24, 2.45) is 0 Å². The van der Waals surface area contributed by atoms with E-state index in [4.69, 9.17) is 40.5 Å². The maximum atomic E-state index is 12.1. The van der Waals surface area contributed by atoms with Gasteiger partial charge in [0.2, 0.25) is 0 Å². The topological polar surface area (TPSA) is 26.0 Å². The Bertz CT molecular complexity index is 440. The monoisotopic (exact) mass is 289 g/mol. The third kappa shape index (κ3) is 2.97. The van der Waals surface area contributed by atoms with Crippen LogP contribution in [0.1, 0.15) is 5.56 Å². The van der Waals surface area contributed by atoms with E-state index in [0.29, 0.717) is 6.08 Å². The first-order valence-electron chi connectivity index (χ1n) is 3.91. The number of nitrogen functional groups attached to an aromatic ring is 1. The van der Waals surface area contributed by atoms with Crippen LogP contribution in [0.3, 0.4) is 0 Å². The molecule has 2 N–H and O–H groups in total. The summed E-state index contributed by atoms with van der Waals surface area (Å²) in [6.07, 6.45) is -3.92. The number of allylic oxidation sites excluding steroid dienone is 1. The maximum Gasteiger partial charge on any atom is 0.426 e. The highest BCUT2D eigenvalue weighted by molar-refractivity contribution is 6.44. The zero-order valence-electron chi connectivity index (χ0n) is 7.58. The van der Waals surface area contributed by atoms with Crippen molar-refractivity contribution in [3.8, 4) is 0 Å². The zero-order valence-corrected chi connectivity index (χ0v) is 9.84. The van der Waals surface area contributed by atoms with Crippen LogP contribution in [0.25, 0.3) is 6.08 Å². The lowest BCUT2D eigenvalue weighted by Gasteiger charge is -2.07. The molecule has 0 radical (unpaired) electrons. The molecule has 0 unspecified atom stereocenters. The summed E-state index contributed by atoms with van der Waals surface area (Å²) >= 11 is 16.4. The average molecular weight is 290 g/mol. The van der Waals surface area contributed by atoms with E-state index in [-0.39, 0.29) is 21.3 Å². The van der Waals surface area contributed by atoms with Crippen molar-refractivity contribution < 1.29 is 13.2 Å². The van der Waals surface area contributed by atoms with Gasteiger partial charge in [0.25, 0.3) is 0 Å². The Labute approximate surface area is 105 Å². The van der Waals surface area contributed by atoms with E-state index in [1.165, 1.54) is 12.1 Å². The van der Waals surface area contributed by atoms with Gasteiger partial charge in [-0.15, -0.1) is 0 Å². The van der Waals surface area contributed by atoms with Crippen molar-refractivity contribution in [1.29, 1.82) is 0 Å². The van der Waals surface area contributed by atoms with Gasteiger partial charge in [-0.1, -0.05) is 40.9 Å². The molecule has 0 saturated carbocycles. The normalized spacial score (nSPS) is 13.0. The lowest BCUT2D eigenvalue weighted by Crippen LogP contribution is -2.06. The van der Waals surface area contributed by atoms with Crippen LogP contribution in [0.15, 0.2) is 17.2 Å². The molecular weight excluding hydrogens is 285 g/mol. The third-order valence-corrected chi connectivity index (χ3v) is 2.93. The second kappa shape index (κ2) is 4.73. The smallest absolute Gasteiger partial charge is 0.397 e. The summed E-state index contributed by atoms with van der Waals surface area (Å²) in [7, 11) is 0. The highest BCUT2D eigenvalue weighted by Crippen LogP contribution is 2.35. The summed E-state index contributed by atoms with van der Waals surface area (Å²) in [6, 6.07) is 2.65. The van der Waals surface area contributed by atoms with Gasteiger partial charge < -0.3 is 5.73 Å². The largest absolute Gasteiger partial charge is 0.426 e. The molecule has 0 atom stereocenters. The van der Waals surface area contributed by atoms with E-state index in [2.05, 4.69) is 0 Å². The predicted octanol–water partition coefficient (Wildman–Crippen LogP) is 4.72. The summed E-state index contributed by atoms with van der Waals surface area (Å²) in [5, 5.41) is -1.35. The second-order valence-corrected chi connectivity index (χ2v) is 4.03. The number of hydrogen-bond donors (Lipinski definition) is 1. The van der Waals surface area contributed by atoms with Crippen molar-refractivity contribution in [1.82, 2.24) is 0 Å². The number of hydrogen-bond acceptors (Lipinski definition) is 1. The lowest BCUT2D eigenvalue weighted by atomic mass is 10.2. The van der Waals surface area contributed by atoms with Crippen molar-refractivity contribution >= 4 is 46.6 Å². The molecule has 1 aromatic carbocycles. The van der Waals surface area contributed by atoms with Crippen molar-refractivity contribution in [3.63, 3.8) is 0 Å². The summed E-state index contributed by atoms with van der Waals surface area (Å²) in [6.45, 7) is 0. The number of alkyl halides is 3. The van der Waals surface area contributed by atoms with Crippen LogP contribution in [-0.4, -0.2) is 6.18 Å². The van der Waals surface area contributed by atoms with Gasteiger partial charge in [-0.3, -0.25) is 0 Å². The Morgan fingerprint density at radius 2 is 1.75 bits per heavy atom. The molecule has 88 valence electrons. The molecule has 0 saturated heterocycles. The van der Waals surface area contributed by atoms with Gasteiger partial charge in [0.1, 0.15) is 5.03 Å². The molecule has 1 rings (SSSR count). The van der Waals surface area contributed by atoms with Crippen molar-refractivity contribution in [2.45, 2.75) is 6.18 Å². The number of nitrogens with two attached hydrogens (primary N) is 1. The maximum absolute atomic E-state index is 12.1. The SMILES string of the molecule is Nc1ccc(/C=C(/Cl)C(F)(F)F)c(Cl)c1Cl. The molecule has 0 fully saturated rings. The minimum Gasteiger partial charge on any atom is -0.397 e. The number of anilines is 1. The Kier molecular flexibility index (Phi) is 3.99. The summed E-state index contributed by atoms with van der Waals surface area (Å²) < 4.78 is 36.4. The van der Waals surface area contributed by atoms with E-state index in [1.54, 1.807) is 0 Å².